The number of nitrogens with one attached hydrogen (secondary N) is 1. The molecule has 0 fully saturated rings. The lowest BCUT2D eigenvalue weighted by Gasteiger charge is -2.16. The first-order chi connectivity index (χ1) is 8.22. The third kappa shape index (κ3) is 2.43. The number of hydrogen-bond acceptors (Lipinski definition) is 4. The number of benzene rings is 1. The minimum Gasteiger partial charge on any atom is -0.271 e. The van der Waals surface area contributed by atoms with Gasteiger partial charge in [-0.15, -0.1) is 0 Å². The normalized spacial score (nSPS) is 12.4. The van der Waals surface area contributed by atoms with E-state index in [1.807, 2.05) is 0 Å². The van der Waals surface area contributed by atoms with Crippen molar-refractivity contribution in [3.63, 3.8) is 0 Å². The summed E-state index contributed by atoms with van der Waals surface area (Å²) in [6, 6.07) is 4.17. The predicted molar refractivity (Wildman–Crippen MR) is 57.6 cm³/mol. The van der Waals surface area contributed by atoms with Crippen molar-refractivity contribution in [2.24, 2.45) is 5.84 Å². The molecule has 88 valence electrons. The zero-order valence-electron chi connectivity index (χ0n) is 8.77. The third-order valence-corrected chi connectivity index (χ3v) is 2.38. The summed E-state index contributed by atoms with van der Waals surface area (Å²) in [4.78, 5) is 0. The van der Waals surface area contributed by atoms with Gasteiger partial charge in [0.05, 0.1) is 12.2 Å². The minimum absolute atomic E-state index is 0.125. The van der Waals surface area contributed by atoms with Crippen LogP contribution in [0.5, 0.6) is 0 Å². The molecule has 0 saturated carbocycles. The van der Waals surface area contributed by atoms with Gasteiger partial charge in [0.15, 0.2) is 0 Å². The molecular weight excluding hydrogens is 226 g/mol. The van der Waals surface area contributed by atoms with Crippen molar-refractivity contribution in [2.75, 3.05) is 0 Å². The highest BCUT2D eigenvalue weighted by Gasteiger charge is 2.17. The largest absolute Gasteiger partial charge is 0.271 e. The van der Waals surface area contributed by atoms with Crippen LogP contribution in [0.2, 0.25) is 0 Å². The number of nitrogens with zero attached hydrogens (tertiary/aromatic N) is 2. The summed E-state index contributed by atoms with van der Waals surface area (Å²) in [6.45, 7) is 0. The second kappa shape index (κ2) is 4.94. The average molecular weight is 236 g/mol. The summed E-state index contributed by atoms with van der Waals surface area (Å²) >= 11 is 0. The van der Waals surface area contributed by atoms with Gasteiger partial charge in [0.25, 0.3) is 0 Å². The van der Waals surface area contributed by atoms with E-state index in [1.54, 1.807) is 6.07 Å². The summed E-state index contributed by atoms with van der Waals surface area (Å²) in [5.41, 5.74) is 3.16. The molecule has 3 N–H and O–H groups in total. The number of halogens is 2. The molecule has 0 bridgehead atoms. The second-order valence-corrected chi connectivity index (χ2v) is 3.44. The molecule has 4 nitrogen and oxygen atoms in total. The number of hydrogen-bond donors (Lipinski definition) is 2. The van der Waals surface area contributed by atoms with Crippen molar-refractivity contribution in [1.82, 2.24) is 15.6 Å². The van der Waals surface area contributed by atoms with Crippen molar-refractivity contribution in [3.8, 4) is 0 Å². The fourth-order valence-electron chi connectivity index (χ4n) is 1.57. The molecule has 1 heterocycles. The quantitative estimate of drug-likeness (QED) is 0.623. The van der Waals surface area contributed by atoms with Gasteiger partial charge in [-0.2, -0.15) is 10.2 Å². The van der Waals surface area contributed by atoms with Crippen LogP contribution in [0.15, 0.2) is 36.7 Å². The molecule has 0 saturated heterocycles. The fraction of sp³-hybridized carbons (Fsp3) is 0.0909. The van der Waals surface area contributed by atoms with Crippen LogP contribution in [0.3, 0.4) is 0 Å². The van der Waals surface area contributed by atoms with Crippen molar-refractivity contribution in [2.45, 2.75) is 6.04 Å². The van der Waals surface area contributed by atoms with Crippen LogP contribution in [0.1, 0.15) is 17.2 Å². The van der Waals surface area contributed by atoms with Crippen molar-refractivity contribution >= 4 is 0 Å². The van der Waals surface area contributed by atoms with Crippen LogP contribution in [0.25, 0.3) is 0 Å². The second-order valence-electron chi connectivity index (χ2n) is 3.44. The van der Waals surface area contributed by atoms with E-state index < -0.39 is 17.7 Å². The van der Waals surface area contributed by atoms with Gasteiger partial charge >= 0.3 is 0 Å². The standard InChI is InChI=1S/C11H10F2N4/c12-8-1-2-10(13)9(5-8)11(17-14)7-3-4-15-16-6-7/h1-6,11,17H,14H2. The van der Waals surface area contributed by atoms with E-state index in [0.29, 0.717) is 5.56 Å². The highest BCUT2D eigenvalue weighted by molar-refractivity contribution is 5.30. The first kappa shape index (κ1) is 11.6. The lowest BCUT2D eigenvalue weighted by Crippen LogP contribution is -2.29. The van der Waals surface area contributed by atoms with Gasteiger partial charge < -0.3 is 0 Å². The molecule has 6 heteroatoms. The lowest BCUT2D eigenvalue weighted by atomic mass is 10.0. The molecule has 2 aromatic rings. The molecule has 1 atom stereocenters. The van der Waals surface area contributed by atoms with Crippen molar-refractivity contribution in [1.29, 1.82) is 0 Å². The number of nitrogens with two attached hydrogens (primary N) is 1. The number of aromatic nitrogens is 2. The SMILES string of the molecule is NNC(c1ccnnc1)c1cc(F)ccc1F. The molecule has 2 rings (SSSR count). The van der Waals surface area contributed by atoms with Crippen LogP contribution in [-0.4, -0.2) is 10.2 Å². The van der Waals surface area contributed by atoms with Crippen LogP contribution < -0.4 is 11.3 Å². The summed E-state index contributed by atoms with van der Waals surface area (Å²) in [6.07, 6.45) is 2.89. The van der Waals surface area contributed by atoms with Crippen LogP contribution >= 0.6 is 0 Å². The number of hydrazine groups is 1. The molecule has 1 aromatic carbocycles. The Morgan fingerprint density at radius 1 is 1.18 bits per heavy atom. The zero-order chi connectivity index (χ0) is 12.3. The number of rotatable bonds is 3. The molecule has 0 spiro atoms. The van der Waals surface area contributed by atoms with Gasteiger partial charge in [0, 0.05) is 11.8 Å². The van der Waals surface area contributed by atoms with E-state index in [4.69, 9.17) is 5.84 Å². The van der Waals surface area contributed by atoms with Crippen molar-refractivity contribution in [3.05, 3.63) is 59.4 Å². The molecule has 0 aliphatic rings. The molecule has 1 aromatic heterocycles. The Labute approximate surface area is 96.5 Å². The van der Waals surface area contributed by atoms with Gasteiger partial charge in [-0.3, -0.25) is 5.84 Å². The van der Waals surface area contributed by atoms with E-state index in [0.717, 1.165) is 18.2 Å². The maximum absolute atomic E-state index is 13.6. The molecule has 0 radical (unpaired) electrons. The molecule has 17 heavy (non-hydrogen) atoms. The van der Waals surface area contributed by atoms with Gasteiger partial charge in [-0.25, -0.2) is 14.2 Å². The Morgan fingerprint density at radius 3 is 2.65 bits per heavy atom. The molecule has 1 unspecified atom stereocenters. The van der Waals surface area contributed by atoms with Crippen LogP contribution in [0, 0.1) is 11.6 Å². The van der Waals surface area contributed by atoms with Gasteiger partial charge in [-0.1, -0.05) is 0 Å². The molecule has 0 aliphatic heterocycles. The summed E-state index contributed by atoms with van der Waals surface area (Å²) < 4.78 is 26.7. The minimum atomic E-state index is -0.666. The highest BCUT2D eigenvalue weighted by atomic mass is 19.1. The highest BCUT2D eigenvalue weighted by Crippen LogP contribution is 2.23. The Balaban J connectivity index is 2.46. The van der Waals surface area contributed by atoms with Crippen molar-refractivity contribution < 1.29 is 8.78 Å². The van der Waals surface area contributed by atoms with Crippen LogP contribution in [-0.2, 0) is 0 Å². The van der Waals surface area contributed by atoms with E-state index in [1.165, 1.54) is 12.4 Å². The first-order valence-corrected chi connectivity index (χ1v) is 4.90. The Morgan fingerprint density at radius 2 is 2.00 bits per heavy atom. The summed E-state index contributed by atoms with van der Waals surface area (Å²) in [7, 11) is 0. The average Bonchev–Trinajstić information content (AvgIpc) is 2.36. The molecule has 0 amide bonds. The van der Waals surface area contributed by atoms with E-state index >= 15 is 0 Å². The van der Waals surface area contributed by atoms with Gasteiger partial charge in [0.2, 0.25) is 0 Å². The Kier molecular flexibility index (Phi) is 3.36. The Bertz CT molecular complexity index is 504. The van der Waals surface area contributed by atoms with Crippen LogP contribution in [0.4, 0.5) is 8.78 Å². The van der Waals surface area contributed by atoms with E-state index in [2.05, 4.69) is 15.6 Å². The predicted octanol–water partition coefficient (Wildman–Crippen LogP) is 1.31. The zero-order valence-corrected chi connectivity index (χ0v) is 8.77. The molecular formula is C11H10F2N4. The lowest BCUT2D eigenvalue weighted by molar-refractivity contribution is 0.544. The monoisotopic (exact) mass is 236 g/mol. The van der Waals surface area contributed by atoms with E-state index in [9.17, 15) is 8.78 Å². The summed E-state index contributed by atoms with van der Waals surface area (Å²) in [5, 5.41) is 7.28. The topological polar surface area (TPSA) is 63.8 Å². The first-order valence-electron chi connectivity index (χ1n) is 4.90. The fourth-order valence-corrected chi connectivity index (χ4v) is 1.57. The Hall–Kier alpha value is -1.92. The maximum Gasteiger partial charge on any atom is 0.128 e. The van der Waals surface area contributed by atoms with E-state index in [-0.39, 0.29) is 5.56 Å². The van der Waals surface area contributed by atoms with Gasteiger partial charge in [-0.05, 0) is 29.8 Å². The maximum atomic E-state index is 13.6. The third-order valence-electron chi connectivity index (χ3n) is 2.38. The molecule has 0 aliphatic carbocycles. The van der Waals surface area contributed by atoms with Gasteiger partial charge in [0.1, 0.15) is 11.6 Å². The summed E-state index contributed by atoms with van der Waals surface area (Å²) in [5.74, 6) is 4.31. The smallest absolute Gasteiger partial charge is 0.128 e.